The first-order valence-electron chi connectivity index (χ1n) is 9.22. The van der Waals surface area contributed by atoms with Gasteiger partial charge in [-0.3, -0.25) is 0 Å². The Labute approximate surface area is 167 Å². The Bertz CT molecular complexity index is 923. The molecule has 0 bridgehead atoms. The molecule has 1 aromatic heterocycles. The molecule has 2 amide bonds. The molecule has 8 heteroatoms. The summed E-state index contributed by atoms with van der Waals surface area (Å²) in [7, 11) is -3.88. The molecule has 152 valence electrons. The Morgan fingerprint density at radius 3 is 1.96 bits per heavy atom. The summed E-state index contributed by atoms with van der Waals surface area (Å²) in [6, 6.07) is 3.26. The second kappa shape index (κ2) is 8.68. The summed E-state index contributed by atoms with van der Waals surface area (Å²) in [4.78, 5) is 20.4. The van der Waals surface area contributed by atoms with Crippen LogP contribution in [0.2, 0.25) is 0 Å². The van der Waals surface area contributed by atoms with E-state index < -0.39 is 16.1 Å². The fourth-order valence-electron chi connectivity index (χ4n) is 2.93. The number of aromatic nitrogens is 2. The van der Waals surface area contributed by atoms with Gasteiger partial charge in [0, 0.05) is 23.6 Å². The SMILES string of the molecule is Cc1cc(C(C)C)c(NC(=O)NS(=O)(=O)Cc2cnc(C)nc2)c(C(C)C)c1. The van der Waals surface area contributed by atoms with Crippen molar-refractivity contribution in [3.63, 3.8) is 0 Å². The number of rotatable bonds is 6. The molecule has 0 radical (unpaired) electrons. The van der Waals surface area contributed by atoms with Gasteiger partial charge in [0.2, 0.25) is 10.0 Å². The molecular weight excluding hydrogens is 376 g/mol. The lowest BCUT2D eigenvalue weighted by Gasteiger charge is -2.21. The summed E-state index contributed by atoms with van der Waals surface area (Å²) in [6.45, 7) is 11.9. The third kappa shape index (κ3) is 5.76. The van der Waals surface area contributed by atoms with E-state index in [-0.39, 0.29) is 17.6 Å². The van der Waals surface area contributed by atoms with Gasteiger partial charge in [0.1, 0.15) is 5.82 Å². The van der Waals surface area contributed by atoms with Crippen molar-refractivity contribution in [1.29, 1.82) is 0 Å². The van der Waals surface area contributed by atoms with Crippen molar-refractivity contribution in [2.24, 2.45) is 0 Å². The number of nitrogens with zero attached hydrogens (tertiary/aromatic N) is 2. The molecular formula is C20H28N4O3S. The molecule has 0 atom stereocenters. The second-order valence-electron chi connectivity index (χ2n) is 7.58. The lowest BCUT2D eigenvalue weighted by atomic mass is 9.90. The van der Waals surface area contributed by atoms with Crippen molar-refractivity contribution < 1.29 is 13.2 Å². The van der Waals surface area contributed by atoms with E-state index in [9.17, 15) is 13.2 Å². The number of sulfonamides is 1. The number of carbonyl (C=O) groups is 1. The van der Waals surface area contributed by atoms with Gasteiger partial charge < -0.3 is 5.32 Å². The molecule has 2 N–H and O–H groups in total. The van der Waals surface area contributed by atoms with Gasteiger partial charge in [0.05, 0.1) is 5.75 Å². The summed E-state index contributed by atoms with van der Waals surface area (Å²) in [5.74, 6) is 0.527. The fourth-order valence-corrected chi connectivity index (χ4v) is 3.92. The normalized spacial score (nSPS) is 11.7. The molecule has 0 saturated carbocycles. The molecule has 0 spiro atoms. The summed E-state index contributed by atoms with van der Waals surface area (Å²) in [6.07, 6.45) is 2.88. The maximum absolute atomic E-state index is 12.5. The molecule has 0 saturated heterocycles. The third-order valence-electron chi connectivity index (χ3n) is 4.27. The van der Waals surface area contributed by atoms with Gasteiger partial charge in [0.25, 0.3) is 0 Å². The number of anilines is 1. The highest BCUT2D eigenvalue weighted by molar-refractivity contribution is 7.89. The van der Waals surface area contributed by atoms with Crippen LogP contribution >= 0.6 is 0 Å². The zero-order valence-corrected chi connectivity index (χ0v) is 18.0. The molecule has 0 unspecified atom stereocenters. The van der Waals surface area contributed by atoms with Crippen molar-refractivity contribution in [2.45, 2.75) is 59.1 Å². The maximum Gasteiger partial charge on any atom is 0.332 e. The zero-order valence-electron chi connectivity index (χ0n) is 17.2. The van der Waals surface area contributed by atoms with Crippen molar-refractivity contribution in [3.8, 4) is 0 Å². The highest BCUT2D eigenvalue weighted by Gasteiger charge is 2.20. The van der Waals surface area contributed by atoms with E-state index in [4.69, 9.17) is 0 Å². The van der Waals surface area contributed by atoms with Gasteiger partial charge >= 0.3 is 6.03 Å². The van der Waals surface area contributed by atoms with Gasteiger partial charge in [-0.1, -0.05) is 45.4 Å². The van der Waals surface area contributed by atoms with Crippen LogP contribution in [0.1, 0.15) is 67.6 Å². The van der Waals surface area contributed by atoms with E-state index in [2.05, 4.69) is 20.0 Å². The summed E-state index contributed by atoms with van der Waals surface area (Å²) >= 11 is 0. The molecule has 2 rings (SSSR count). The standard InChI is InChI=1S/C20H28N4O3S/c1-12(2)17-7-14(5)8-18(13(3)4)19(17)23-20(25)24-28(26,27)11-16-9-21-15(6)22-10-16/h7-10,12-13H,11H2,1-6H3,(H2,23,24,25). The van der Waals surface area contributed by atoms with Crippen LogP contribution in [-0.4, -0.2) is 24.4 Å². The van der Waals surface area contributed by atoms with E-state index in [1.807, 2.05) is 46.8 Å². The molecule has 0 aliphatic heterocycles. The third-order valence-corrected chi connectivity index (χ3v) is 5.48. The maximum atomic E-state index is 12.5. The Morgan fingerprint density at radius 2 is 1.50 bits per heavy atom. The number of nitrogens with one attached hydrogen (secondary N) is 2. The zero-order chi connectivity index (χ0) is 21.1. The number of hydrogen-bond donors (Lipinski definition) is 2. The number of aryl methyl sites for hydroxylation is 2. The van der Waals surface area contributed by atoms with Crippen LogP contribution in [0.4, 0.5) is 10.5 Å². The smallest absolute Gasteiger partial charge is 0.307 e. The van der Waals surface area contributed by atoms with Gasteiger partial charge in [-0.25, -0.2) is 27.9 Å². The molecule has 0 fully saturated rings. The Balaban J connectivity index is 2.23. The second-order valence-corrected chi connectivity index (χ2v) is 9.30. The number of amides is 2. The van der Waals surface area contributed by atoms with Crippen LogP contribution in [0.25, 0.3) is 0 Å². The predicted molar refractivity (Wildman–Crippen MR) is 111 cm³/mol. The lowest BCUT2D eigenvalue weighted by Crippen LogP contribution is -2.35. The minimum absolute atomic E-state index is 0.175. The molecule has 1 aromatic carbocycles. The molecule has 0 aliphatic rings. The highest BCUT2D eigenvalue weighted by atomic mass is 32.2. The first-order chi connectivity index (χ1) is 13.0. The topological polar surface area (TPSA) is 101 Å². The number of benzene rings is 1. The Hall–Kier alpha value is -2.48. The lowest BCUT2D eigenvalue weighted by molar-refractivity contribution is 0.256. The summed E-state index contributed by atoms with van der Waals surface area (Å²) in [5.41, 5.74) is 4.13. The van der Waals surface area contributed by atoms with Crippen LogP contribution < -0.4 is 10.0 Å². The average Bonchev–Trinajstić information content (AvgIpc) is 2.57. The highest BCUT2D eigenvalue weighted by Crippen LogP contribution is 2.33. The van der Waals surface area contributed by atoms with Crippen LogP contribution in [0.3, 0.4) is 0 Å². The Kier molecular flexibility index (Phi) is 6.77. The molecule has 2 aromatic rings. The quantitative estimate of drug-likeness (QED) is 0.758. The molecule has 1 heterocycles. The molecule has 7 nitrogen and oxygen atoms in total. The van der Waals surface area contributed by atoms with E-state index in [0.29, 0.717) is 17.1 Å². The average molecular weight is 405 g/mol. The number of hydrogen-bond acceptors (Lipinski definition) is 5. The van der Waals surface area contributed by atoms with E-state index in [1.165, 1.54) is 12.4 Å². The molecule has 0 aliphatic carbocycles. The molecule has 28 heavy (non-hydrogen) atoms. The van der Waals surface area contributed by atoms with Crippen LogP contribution in [0, 0.1) is 13.8 Å². The van der Waals surface area contributed by atoms with Gasteiger partial charge in [-0.2, -0.15) is 0 Å². The summed E-state index contributed by atoms with van der Waals surface area (Å²) in [5, 5.41) is 2.76. The Morgan fingerprint density at radius 1 is 1.00 bits per heavy atom. The van der Waals surface area contributed by atoms with Crippen molar-refractivity contribution in [2.75, 3.05) is 5.32 Å². The predicted octanol–water partition coefficient (Wildman–Crippen LogP) is 3.99. The fraction of sp³-hybridized carbons (Fsp3) is 0.450. The van der Waals surface area contributed by atoms with Crippen LogP contribution in [0.5, 0.6) is 0 Å². The van der Waals surface area contributed by atoms with Crippen LogP contribution in [-0.2, 0) is 15.8 Å². The van der Waals surface area contributed by atoms with E-state index in [0.717, 1.165) is 16.7 Å². The van der Waals surface area contributed by atoms with Crippen molar-refractivity contribution >= 4 is 21.7 Å². The van der Waals surface area contributed by atoms with E-state index >= 15 is 0 Å². The van der Waals surface area contributed by atoms with Gasteiger partial charge in [-0.15, -0.1) is 0 Å². The largest absolute Gasteiger partial charge is 0.332 e. The monoisotopic (exact) mass is 404 g/mol. The van der Waals surface area contributed by atoms with Crippen LogP contribution in [0.15, 0.2) is 24.5 Å². The number of carbonyl (C=O) groups excluding carboxylic acids is 1. The van der Waals surface area contributed by atoms with Gasteiger partial charge in [0.15, 0.2) is 0 Å². The first kappa shape index (κ1) is 21.8. The summed E-state index contributed by atoms with van der Waals surface area (Å²) < 4.78 is 26.8. The van der Waals surface area contributed by atoms with Gasteiger partial charge in [-0.05, 0) is 36.8 Å². The minimum Gasteiger partial charge on any atom is -0.307 e. The van der Waals surface area contributed by atoms with E-state index in [1.54, 1.807) is 6.92 Å². The van der Waals surface area contributed by atoms with Crippen molar-refractivity contribution in [3.05, 3.63) is 52.6 Å². The van der Waals surface area contributed by atoms with Crippen molar-refractivity contribution in [1.82, 2.24) is 14.7 Å². The number of urea groups is 1. The first-order valence-corrected chi connectivity index (χ1v) is 10.9. The minimum atomic E-state index is -3.88.